The van der Waals surface area contributed by atoms with Gasteiger partial charge in [-0.15, -0.1) is 11.3 Å². The predicted molar refractivity (Wildman–Crippen MR) is 81.6 cm³/mol. The molecule has 1 aromatic carbocycles. The molecule has 4 nitrogen and oxygen atoms in total. The van der Waals surface area contributed by atoms with Gasteiger partial charge in [-0.2, -0.15) is 0 Å². The van der Waals surface area contributed by atoms with E-state index in [-0.39, 0.29) is 10.8 Å². The van der Waals surface area contributed by atoms with Gasteiger partial charge >= 0.3 is 0 Å². The summed E-state index contributed by atoms with van der Waals surface area (Å²) in [5, 5.41) is 11.6. The molecule has 0 aliphatic carbocycles. The third-order valence-electron chi connectivity index (χ3n) is 2.93. The van der Waals surface area contributed by atoms with Crippen molar-refractivity contribution >= 4 is 27.0 Å². The summed E-state index contributed by atoms with van der Waals surface area (Å²) in [5.41, 5.74) is 0.563. The molecule has 2 rings (SSSR count). The van der Waals surface area contributed by atoms with E-state index in [2.05, 4.69) is 0 Å². The van der Waals surface area contributed by atoms with Gasteiger partial charge in [0, 0.05) is 0 Å². The first kappa shape index (κ1) is 15.0. The number of aliphatic hydroxyl groups excluding tert-OH is 1. The molecular formula is C14H17NO3S2. The predicted octanol–water partition coefficient (Wildman–Crippen LogP) is 2.71. The Morgan fingerprint density at radius 3 is 2.45 bits per heavy atom. The van der Waals surface area contributed by atoms with Crippen LogP contribution in [0.4, 0.5) is 5.69 Å². The molecule has 108 valence electrons. The maximum Gasteiger partial charge on any atom is 0.273 e. The van der Waals surface area contributed by atoms with Crippen LogP contribution in [-0.4, -0.2) is 26.2 Å². The van der Waals surface area contributed by atoms with Crippen molar-refractivity contribution in [3.63, 3.8) is 0 Å². The van der Waals surface area contributed by atoms with Gasteiger partial charge in [0.15, 0.2) is 0 Å². The molecule has 6 heteroatoms. The molecule has 1 atom stereocenters. The second-order valence-corrected chi connectivity index (χ2v) is 7.40. The lowest BCUT2D eigenvalue weighted by molar-refractivity contribution is 0.179. The van der Waals surface area contributed by atoms with Crippen molar-refractivity contribution in [2.45, 2.75) is 23.7 Å². The van der Waals surface area contributed by atoms with E-state index in [1.165, 1.54) is 15.6 Å². The van der Waals surface area contributed by atoms with Crippen molar-refractivity contribution in [2.75, 3.05) is 10.8 Å². The molecule has 1 N–H and O–H groups in total. The summed E-state index contributed by atoms with van der Waals surface area (Å²) in [6, 6.07) is 12.1. The third kappa shape index (κ3) is 3.20. The van der Waals surface area contributed by atoms with Crippen molar-refractivity contribution in [3.05, 3.63) is 47.8 Å². The molecule has 0 saturated heterocycles. The van der Waals surface area contributed by atoms with Gasteiger partial charge in [0.2, 0.25) is 0 Å². The second kappa shape index (κ2) is 6.39. The Morgan fingerprint density at radius 1 is 1.20 bits per heavy atom. The summed E-state index contributed by atoms with van der Waals surface area (Å²) in [7, 11) is -3.62. The molecule has 0 fully saturated rings. The van der Waals surface area contributed by atoms with Gasteiger partial charge in [0.25, 0.3) is 10.0 Å². The molecule has 1 aromatic heterocycles. The van der Waals surface area contributed by atoms with E-state index in [4.69, 9.17) is 0 Å². The zero-order valence-corrected chi connectivity index (χ0v) is 12.8. The van der Waals surface area contributed by atoms with Gasteiger partial charge in [0.1, 0.15) is 4.21 Å². The van der Waals surface area contributed by atoms with E-state index in [1.807, 2.05) is 13.0 Å². The number of anilines is 1. The highest BCUT2D eigenvalue weighted by molar-refractivity contribution is 7.94. The fraction of sp³-hybridized carbons (Fsp3) is 0.286. The minimum absolute atomic E-state index is 0.0563. The van der Waals surface area contributed by atoms with Crippen molar-refractivity contribution in [2.24, 2.45) is 0 Å². The van der Waals surface area contributed by atoms with Crippen LogP contribution in [-0.2, 0) is 10.0 Å². The highest BCUT2D eigenvalue weighted by atomic mass is 32.2. The van der Waals surface area contributed by atoms with Gasteiger partial charge in [-0.05, 0) is 30.0 Å². The van der Waals surface area contributed by atoms with E-state index in [1.54, 1.807) is 41.8 Å². The smallest absolute Gasteiger partial charge is 0.273 e. The number of rotatable bonds is 6. The Labute approximate surface area is 123 Å². The van der Waals surface area contributed by atoms with E-state index < -0.39 is 16.1 Å². The zero-order valence-electron chi connectivity index (χ0n) is 11.1. The van der Waals surface area contributed by atoms with Crippen LogP contribution in [0.15, 0.2) is 52.1 Å². The molecule has 0 saturated carbocycles. The zero-order chi connectivity index (χ0) is 14.6. The molecule has 1 heterocycles. The van der Waals surface area contributed by atoms with Crippen LogP contribution < -0.4 is 4.31 Å². The topological polar surface area (TPSA) is 57.6 Å². The fourth-order valence-corrected chi connectivity index (χ4v) is 4.38. The van der Waals surface area contributed by atoms with Crippen LogP contribution in [0.3, 0.4) is 0 Å². The maximum atomic E-state index is 12.7. The SMILES string of the molecule is CCC(O)CN(c1ccccc1)S(=O)(=O)c1cccs1. The molecule has 20 heavy (non-hydrogen) atoms. The maximum absolute atomic E-state index is 12.7. The van der Waals surface area contributed by atoms with Crippen LogP contribution in [0.2, 0.25) is 0 Å². The van der Waals surface area contributed by atoms with E-state index >= 15 is 0 Å². The standard InChI is InChI=1S/C14H17NO3S2/c1-2-13(16)11-15(12-7-4-3-5-8-12)20(17,18)14-9-6-10-19-14/h3-10,13,16H,2,11H2,1H3. The van der Waals surface area contributed by atoms with Gasteiger partial charge in [-0.1, -0.05) is 31.2 Å². The Morgan fingerprint density at radius 2 is 1.90 bits per heavy atom. The highest BCUT2D eigenvalue weighted by Gasteiger charge is 2.27. The molecule has 0 aliphatic heterocycles. The first-order valence-electron chi connectivity index (χ1n) is 6.35. The summed E-state index contributed by atoms with van der Waals surface area (Å²) in [6.45, 7) is 1.88. The second-order valence-electron chi connectivity index (χ2n) is 4.37. The van der Waals surface area contributed by atoms with E-state index in [9.17, 15) is 13.5 Å². The number of hydrogen-bond donors (Lipinski definition) is 1. The van der Waals surface area contributed by atoms with E-state index in [0.717, 1.165) is 0 Å². The largest absolute Gasteiger partial charge is 0.391 e. The lowest BCUT2D eigenvalue weighted by atomic mass is 10.2. The summed E-state index contributed by atoms with van der Waals surface area (Å²) in [6.07, 6.45) is -0.187. The van der Waals surface area contributed by atoms with Crippen molar-refractivity contribution < 1.29 is 13.5 Å². The Kier molecular flexibility index (Phi) is 4.80. The van der Waals surface area contributed by atoms with Gasteiger partial charge in [-0.25, -0.2) is 8.42 Å². The number of nitrogens with zero attached hydrogens (tertiary/aromatic N) is 1. The number of para-hydroxylation sites is 1. The van der Waals surface area contributed by atoms with Crippen LogP contribution in [0.5, 0.6) is 0 Å². The molecule has 0 radical (unpaired) electrons. The number of hydrogen-bond acceptors (Lipinski definition) is 4. The van der Waals surface area contributed by atoms with Gasteiger partial charge < -0.3 is 5.11 Å². The molecule has 1 unspecified atom stereocenters. The average molecular weight is 311 g/mol. The van der Waals surface area contributed by atoms with Gasteiger partial charge in [-0.3, -0.25) is 4.31 Å². The number of aliphatic hydroxyl groups is 1. The Hall–Kier alpha value is -1.37. The molecule has 2 aromatic rings. The lowest BCUT2D eigenvalue weighted by Gasteiger charge is -2.25. The Balaban J connectivity index is 2.42. The lowest BCUT2D eigenvalue weighted by Crippen LogP contribution is -2.37. The van der Waals surface area contributed by atoms with Gasteiger partial charge in [0.05, 0.1) is 18.3 Å². The monoisotopic (exact) mass is 311 g/mol. The number of thiophene rings is 1. The summed E-state index contributed by atoms with van der Waals surface area (Å²) in [4.78, 5) is 0. The first-order chi connectivity index (χ1) is 9.55. The Bertz CT molecular complexity index is 624. The number of benzene rings is 1. The van der Waals surface area contributed by atoms with Crippen molar-refractivity contribution in [1.82, 2.24) is 0 Å². The minimum Gasteiger partial charge on any atom is -0.391 e. The molecular weight excluding hydrogens is 294 g/mol. The summed E-state index contributed by atoms with van der Waals surface area (Å²) < 4.78 is 26.9. The molecule has 0 amide bonds. The average Bonchev–Trinajstić information content (AvgIpc) is 3.00. The minimum atomic E-state index is -3.62. The van der Waals surface area contributed by atoms with Crippen molar-refractivity contribution in [3.8, 4) is 0 Å². The highest BCUT2D eigenvalue weighted by Crippen LogP contribution is 2.26. The van der Waals surface area contributed by atoms with E-state index in [0.29, 0.717) is 12.1 Å². The third-order valence-corrected chi connectivity index (χ3v) is 6.10. The first-order valence-corrected chi connectivity index (χ1v) is 8.67. The molecule has 0 bridgehead atoms. The van der Waals surface area contributed by atoms with Crippen LogP contribution in [0, 0.1) is 0 Å². The fourth-order valence-electron chi connectivity index (χ4n) is 1.78. The van der Waals surface area contributed by atoms with Crippen LogP contribution in [0.25, 0.3) is 0 Å². The normalized spacial score (nSPS) is 13.1. The van der Waals surface area contributed by atoms with Crippen LogP contribution in [0.1, 0.15) is 13.3 Å². The summed E-state index contributed by atoms with van der Waals surface area (Å²) in [5.74, 6) is 0. The van der Waals surface area contributed by atoms with Crippen LogP contribution >= 0.6 is 11.3 Å². The quantitative estimate of drug-likeness (QED) is 0.892. The van der Waals surface area contributed by atoms with Crippen molar-refractivity contribution in [1.29, 1.82) is 0 Å². The molecule has 0 spiro atoms. The summed E-state index contributed by atoms with van der Waals surface area (Å²) >= 11 is 1.18. The molecule has 0 aliphatic rings. The number of sulfonamides is 1.